The molecule has 0 saturated heterocycles. The molecule has 30 heavy (non-hydrogen) atoms. The third kappa shape index (κ3) is 5.51. The molecule has 0 bridgehead atoms. The van der Waals surface area contributed by atoms with Crippen molar-refractivity contribution < 1.29 is 18.0 Å². The number of rotatable bonds is 7. The van der Waals surface area contributed by atoms with E-state index < -0.39 is 15.7 Å². The third-order valence-electron chi connectivity index (χ3n) is 4.32. The zero-order valence-corrected chi connectivity index (χ0v) is 17.3. The van der Waals surface area contributed by atoms with Crippen LogP contribution in [0.4, 0.5) is 11.4 Å². The van der Waals surface area contributed by atoms with Gasteiger partial charge in [-0.3, -0.25) is 14.3 Å². The van der Waals surface area contributed by atoms with E-state index in [2.05, 4.69) is 20.9 Å². The molecule has 2 aromatic carbocycles. The lowest BCUT2D eigenvalue weighted by Crippen LogP contribution is -2.16. The van der Waals surface area contributed by atoms with Crippen LogP contribution in [0.15, 0.2) is 59.8 Å². The van der Waals surface area contributed by atoms with Gasteiger partial charge in [-0.1, -0.05) is 11.3 Å². The minimum Gasteiger partial charge on any atom is -0.326 e. The number of benzene rings is 2. The highest BCUT2D eigenvalue weighted by Gasteiger charge is 2.13. The Labute approximate surface area is 174 Å². The first kappa shape index (κ1) is 21.2. The zero-order valence-electron chi connectivity index (χ0n) is 16.5. The van der Waals surface area contributed by atoms with Crippen LogP contribution in [0.5, 0.6) is 0 Å². The number of nitrogens with zero attached hydrogens (tertiary/aromatic N) is 3. The Balaban J connectivity index is 1.64. The maximum Gasteiger partial charge on any atom is 0.255 e. The predicted octanol–water partition coefficient (Wildman–Crippen LogP) is 2.27. The highest BCUT2D eigenvalue weighted by Crippen LogP contribution is 2.21. The quantitative estimate of drug-likeness (QED) is 0.596. The van der Waals surface area contributed by atoms with Crippen molar-refractivity contribution >= 4 is 33.0 Å². The molecule has 9 nitrogen and oxygen atoms in total. The third-order valence-corrected chi connectivity index (χ3v) is 5.43. The molecule has 0 aliphatic heterocycles. The van der Waals surface area contributed by atoms with E-state index in [1.54, 1.807) is 48.3 Å². The van der Waals surface area contributed by atoms with E-state index in [4.69, 9.17) is 0 Å². The summed E-state index contributed by atoms with van der Waals surface area (Å²) in [6, 6.07) is 11.0. The van der Waals surface area contributed by atoms with E-state index >= 15 is 0 Å². The van der Waals surface area contributed by atoms with Crippen LogP contribution in [0.1, 0.15) is 22.3 Å². The molecule has 0 atom stereocenters. The van der Waals surface area contributed by atoms with Crippen molar-refractivity contribution in [2.45, 2.75) is 24.8 Å². The van der Waals surface area contributed by atoms with E-state index in [0.717, 1.165) is 11.8 Å². The molecule has 3 aromatic rings. The van der Waals surface area contributed by atoms with Crippen LogP contribution >= 0.6 is 0 Å². The molecule has 0 radical (unpaired) electrons. The standard InChI is InChI=1S/C20H21N5O4S/c1-14-12-16(22-19(26)8-10-25-11-9-21-24-25)6-7-18(14)23-20(27)15-4-3-5-17(13-15)30(2,28)29/h3-7,9,11-13H,8,10H2,1-2H3,(H,22,26)(H,23,27). The monoisotopic (exact) mass is 427 g/mol. The molecule has 156 valence electrons. The Morgan fingerprint density at radius 1 is 1.10 bits per heavy atom. The van der Waals surface area contributed by atoms with Crippen LogP contribution < -0.4 is 10.6 Å². The molecule has 0 aliphatic carbocycles. The van der Waals surface area contributed by atoms with Crippen molar-refractivity contribution in [1.29, 1.82) is 0 Å². The molecule has 0 fully saturated rings. The average molecular weight is 427 g/mol. The lowest BCUT2D eigenvalue weighted by Gasteiger charge is -2.12. The van der Waals surface area contributed by atoms with Crippen molar-refractivity contribution in [3.63, 3.8) is 0 Å². The van der Waals surface area contributed by atoms with Gasteiger partial charge >= 0.3 is 0 Å². The van der Waals surface area contributed by atoms with Crippen LogP contribution in [0, 0.1) is 6.92 Å². The SMILES string of the molecule is Cc1cc(NC(=O)CCn2ccnn2)ccc1NC(=O)c1cccc(S(C)(=O)=O)c1. The number of amides is 2. The molecule has 1 aromatic heterocycles. The van der Waals surface area contributed by atoms with Gasteiger partial charge in [0.15, 0.2) is 9.84 Å². The Bertz CT molecular complexity index is 1170. The fourth-order valence-electron chi connectivity index (χ4n) is 2.74. The number of carbonyl (C=O) groups excluding carboxylic acids is 2. The van der Waals surface area contributed by atoms with Gasteiger partial charge in [-0.05, 0) is 48.9 Å². The molecular weight excluding hydrogens is 406 g/mol. The molecule has 2 amide bonds. The predicted molar refractivity (Wildman–Crippen MR) is 112 cm³/mol. The van der Waals surface area contributed by atoms with Crippen LogP contribution in [0.2, 0.25) is 0 Å². The molecule has 0 unspecified atom stereocenters. The minimum absolute atomic E-state index is 0.0795. The fraction of sp³-hybridized carbons (Fsp3) is 0.200. The number of aryl methyl sites for hydroxylation is 2. The van der Waals surface area contributed by atoms with Gasteiger partial charge in [-0.25, -0.2) is 8.42 Å². The Hall–Kier alpha value is -3.53. The summed E-state index contributed by atoms with van der Waals surface area (Å²) < 4.78 is 24.9. The first-order valence-electron chi connectivity index (χ1n) is 9.08. The van der Waals surface area contributed by atoms with Gasteiger partial charge in [0.1, 0.15) is 0 Å². The van der Waals surface area contributed by atoms with Gasteiger partial charge in [-0.15, -0.1) is 5.10 Å². The highest BCUT2D eigenvalue weighted by atomic mass is 32.2. The normalized spacial score (nSPS) is 11.1. The molecular formula is C20H21N5O4S. The van der Waals surface area contributed by atoms with E-state index in [1.807, 2.05) is 0 Å². The Kier molecular flexibility index (Phi) is 6.26. The van der Waals surface area contributed by atoms with Crippen molar-refractivity contribution in [2.75, 3.05) is 16.9 Å². The van der Waals surface area contributed by atoms with Crippen molar-refractivity contribution in [3.8, 4) is 0 Å². The van der Waals surface area contributed by atoms with Gasteiger partial charge < -0.3 is 10.6 Å². The first-order chi connectivity index (χ1) is 14.2. The molecule has 10 heteroatoms. The number of aromatic nitrogens is 3. The van der Waals surface area contributed by atoms with E-state index in [0.29, 0.717) is 17.9 Å². The number of nitrogens with one attached hydrogen (secondary N) is 2. The average Bonchev–Trinajstić information content (AvgIpc) is 3.21. The summed E-state index contributed by atoms with van der Waals surface area (Å²) in [5.41, 5.74) is 2.15. The zero-order chi connectivity index (χ0) is 21.7. The number of hydrogen-bond donors (Lipinski definition) is 2. The van der Waals surface area contributed by atoms with Crippen LogP contribution in [-0.2, 0) is 21.2 Å². The lowest BCUT2D eigenvalue weighted by molar-refractivity contribution is -0.116. The minimum atomic E-state index is -3.41. The van der Waals surface area contributed by atoms with Crippen molar-refractivity contribution in [2.24, 2.45) is 0 Å². The van der Waals surface area contributed by atoms with Gasteiger partial charge in [-0.2, -0.15) is 0 Å². The second-order valence-electron chi connectivity index (χ2n) is 6.75. The Morgan fingerprint density at radius 3 is 2.57 bits per heavy atom. The summed E-state index contributed by atoms with van der Waals surface area (Å²) in [5, 5.41) is 13.1. The summed E-state index contributed by atoms with van der Waals surface area (Å²) in [6.07, 6.45) is 4.57. The van der Waals surface area contributed by atoms with Gasteiger partial charge in [0.05, 0.1) is 17.6 Å². The van der Waals surface area contributed by atoms with E-state index in [-0.39, 0.29) is 22.8 Å². The smallest absolute Gasteiger partial charge is 0.255 e. The van der Waals surface area contributed by atoms with Gasteiger partial charge in [0.2, 0.25) is 5.91 Å². The van der Waals surface area contributed by atoms with Crippen LogP contribution in [0.3, 0.4) is 0 Å². The van der Waals surface area contributed by atoms with E-state index in [1.165, 1.54) is 18.2 Å². The number of hydrogen-bond acceptors (Lipinski definition) is 6. The number of carbonyl (C=O) groups is 2. The summed E-state index contributed by atoms with van der Waals surface area (Å²) in [7, 11) is -3.41. The molecule has 0 aliphatic rings. The number of sulfone groups is 1. The maximum absolute atomic E-state index is 12.5. The van der Waals surface area contributed by atoms with Gasteiger partial charge in [0, 0.05) is 35.8 Å². The molecule has 0 spiro atoms. The summed E-state index contributed by atoms with van der Waals surface area (Å²) in [5.74, 6) is -0.590. The maximum atomic E-state index is 12.5. The fourth-order valence-corrected chi connectivity index (χ4v) is 3.40. The van der Waals surface area contributed by atoms with Crippen molar-refractivity contribution in [3.05, 3.63) is 66.0 Å². The molecule has 0 saturated carbocycles. The first-order valence-corrected chi connectivity index (χ1v) is 11.0. The summed E-state index contributed by atoms with van der Waals surface area (Å²) in [4.78, 5) is 24.7. The molecule has 1 heterocycles. The molecule has 2 N–H and O–H groups in total. The second-order valence-corrected chi connectivity index (χ2v) is 8.76. The molecule has 3 rings (SSSR count). The highest BCUT2D eigenvalue weighted by molar-refractivity contribution is 7.90. The van der Waals surface area contributed by atoms with Crippen LogP contribution in [-0.4, -0.2) is 41.5 Å². The second kappa shape index (κ2) is 8.87. The van der Waals surface area contributed by atoms with Gasteiger partial charge in [0.25, 0.3) is 5.91 Å². The number of anilines is 2. The largest absolute Gasteiger partial charge is 0.326 e. The van der Waals surface area contributed by atoms with Crippen molar-refractivity contribution in [1.82, 2.24) is 15.0 Å². The van der Waals surface area contributed by atoms with E-state index in [9.17, 15) is 18.0 Å². The summed E-state index contributed by atoms with van der Waals surface area (Å²) in [6.45, 7) is 2.22. The lowest BCUT2D eigenvalue weighted by atomic mass is 10.1. The topological polar surface area (TPSA) is 123 Å². The Morgan fingerprint density at radius 2 is 1.90 bits per heavy atom. The summed E-state index contributed by atoms with van der Waals surface area (Å²) >= 11 is 0. The van der Waals surface area contributed by atoms with Crippen LogP contribution in [0.25, 0.3) is 0 Å².